The number of hydrogen-bond donors (Lipinski definition) is 2. The molecule has 2 N–H and O–H groups in total. The molecule has 1 amide bonds. The van der Waals surface area contributed by atoms with Gasteiger partial charge in [-0.15, -0.1) is 0 Å². The fourth-order valence-corrected chi connectivity index (χ4v) is 4.06. The smallest absolute Gasteiger partial charge is 0.339 e. The van der Waals surface area contributed by atoms with Crippen molar-refractivity contribution < 1.29 is 14.3 Å². The third kappa shape index (κ3) is 4.63. The Morgan fingerprint density at radius 1 is 1.28 bits per heavy atom. The van der Waals surface area contributed by atoms with Gasteiger partial charge in [0.1, 0.15) is 5.69 Å². The lowest BCUT2D eigenvalue weighted by atomic mass is 9.92. The van der Waals surface area contributed by atoms with Crippen LogP contribution in [0.5, 0.6) is 0 Å². The number of aromatic amines is 1. The van der Waals surface area contributed by atoms with Crippen molar-refractivity contribution in [1.29, 1.82) is 0 Å². The molecule has 3 atom stereocenters. The van der Waals surface area contributed by atoms with E-state index in [0.717, 1.165) is 19.6 Å². The highest BCUT2D eigenvalue weighted by atomic mass is 16.5. The first kappa shape index (κ1) is 19.5. The van der Waals surface area contributed by atoms with Crippen molar-refractivity contribution in [2.45, 2.75) is 47.1 Å². The number of esters is 1. The summed E-state index contributed by atoms with van der Waals surface area (Å²) in [6, 6.07) is 0.0367. The molecular formula is C19H31N3O3. The third-order valence-corrected chi connectivity index (χ3v) is 4.91. The summed E-state index contributed by atoms with van der Waals surface area (Å²) in [5.41, 5.74) is 2.17. The lowest BCUT2D eigenvalue weighted by molar-refractivity contribution is 0.0599. The Morgan fingerprint density at radius 2 is 1.88 bits per heavy atom. The summed E-state index contributed by atoms with van der Waals surface area (Å²) in [5.74, 6) is 0.793. The Balaban J connectivity index is 2.01. The second-order valence-electron chi connectivity index (χ2n) is 7.66. The van der Waals surface area contributed by atoms with Crippen molar-refractivity contribution in [2.24, 2.45) is 11.8 Å². The van der Waals surface area contributed by atoms with E-state index in [9.17, 15) is 9.59 Å². The predicted molar refractivity (Wildman–Crippen MR) is 97.9 cm³/mol. The third-order valence-electron chi connectivity index (χ3n) is 4.91. The van der Waals surface area contributed by atoms with Gasteiger partial charge < -0.3 is 19.9 Å². The molecule has 1 fully saturated rings. The van der Waals surface area contributed by atoms with E-state index in [0.29, 0.717) is 34.4 Å². The van der Waals surface area contributed by atoms with Crippen molar-refractivity contribution in [3.63, 3.8) is 0 Å². The fourth-order valence-electron chi connectivity index (χ4n) is 4.06. The zero-order valence-electron chi connectivity index (χ0n) is 16.2. The van der Waals surface area contributed by atoms with Crippen molar-refractivity contribution in [1.82, 2.24) is 15.2 Å². The summed E-state index contributed by atoms with van der Waals surface area (Å²) in [4.78, 5) is 29.9. The van der Waals surface area contributed by atoms with Crippen LogP contribution in [0.2, 0.25) is 0 Å². The van der Waals surface area contributed by atoms with Gasteiger partial charge in [0.2, 0.25) is 0 Å². The number of H-pyrrole nitrogens is 1. The Morgan fingerprint density at radius 3 is 2.44 bits per heavy atom. The SMILES string of the molecule is COC(=O)c1c(C)[nH]c(C(=O)N[C@H](C)CN2C[C@H](C)C[C@H](C)C2)c1C. The van der Waals surface area contributed by atoms with Gasteiger partial charge in [-0.1, -0.05) is 13.8 Å². The molecule has 0 spiro atoms. The summed E-state index contributed by atoms with van der Waals surface area (Å²) in [6.45, 7) is 13.1. The molecule has 6 nitrogen and oxygen atoms in total. The Kier molecular flexibility index (Phi) is 6.27. The number of piperidine rings is 1. The molecule has 0 aromatic carbocycles. The first-order valence-electron chi connectivity index (χ1n) is 9.03. The zero-order valence-corrected chi connectivity index (χ0v) is 16.2. The van der Waals surface area contributed by atoms with Gasteiger partial charge in [-0.3, -0.25) is 4.79 Å². The van der Waals surface area contributed by atoms with E-state index in [1.54, 1.807) is 13.8 Å². The lowest BCUT2D eigenvalue weighted by Gasteiger charge is -2.36. The van der Waals surface area contributed by atoms with Crippen LogP contribution < -0.4 is 5.32 Å². The van der Waals surface area contributed by atoms with E-state index in [4.69, 9.17) is 4.74 Å². The number of methoxy groups -OCH3 is 1. The summed E-state index contributed by atoms with van der Waals surface area (Å²) in [5, 5.41) is 3.05. The van der Waals surface area contributed by atoms with Crippen LogP contribution in [0, 0.1) is 25.7 Å². The number of ether oxygens (including phenoxy) is 1. The highest BCUT2D eigenvalue weighted by Crippen LogP contribution is 2.21. The van der Waals surface area contributed by atoms with Gasteiger partial charge in [-0.2, -0.15) is 0 Å². The minimum absolute atomic E-state index is 0.0367. The molecule has 6 heteroatoms. The monoisotopic (exact) mass is 349 g/mol. The quantitative estimate of drug-likeness (QED) is 0.801. The molecule has 0 bridgehead atoms. The van der Waals surface area contributed by atoms with Crippen LogP contribution in [-0.2, 0) is 4.74 Å². The van der Waals surface area contributed by atoms with Crippen LogP contribution in [0.15, 0.2) is 0 Å². The van der Waals surface area contributed by atoms with E-state index in [1.807, 2.05) is 6.92 Å². The molecule has 0 radical (unpaired) electrons. The maximum atomic E-state index is 12.6. The molecule has 2 heterocycles. The number of rotatable bonds is 5. The summed E-state index contributed by atoms with van der Waals surface area (Å²) in [6.07, 6.45) is 1.27. The highest BCUT2D eigenvalue weighted by Gasteiger charge is 2.25. The lowest BCUT2D eigenvalue weighted by Crippen LogP contribution is -2.47. The van der Waals surface area contributed by atoms with Gasteiger partial charge in [0.05, 0.1) is 12.7 Å². The van der Waals surface area contributed by atoms with Crippen molar-refractivity contribution in [3.05, 3.63) is 22.5 Å². The highest BCUT2D eigenvalue weighted by molar-refractivity contribution is 6.00. The molecule has 2 rings (SSSR count). The minimum atomic E-state index is -0.422. The van der Waals surface area contributed by atoms with E-state index in [-0.39, 0.29) is 11.9 Å². The van der Waals surface area contributed by atoms with Gasteiger partial charge in [0.15, 0.2) is 0 Å². The van der Waals surface area contributed by atoms with Crippen LogP contribution in [0.4, 0.5) is 0 Å². The maximum Gasteiger partial charge on any atom is 0.339 e. The van der Waals surface area contributed by atoms with Crippen LogP contribution in [0.3, 0.4) is 0 Å². The van der Waals surface area contributed by atoms with Crippen molar-refractivity contribution in [2.75, 3.05) is 26.7 Å². The molecule has 1 aliphatic heterocycles. The molecular weight excluding hydrogens is 318 g/mol. The number of amides is 1. The van der Waals surface area contributed by atoms with Crippen LogP contribution in [0.25, 0.3) is 0 Å². The number of likely N-dealkylation sites (tertiary alicyclic amines) is 1. The van der Waals surface area contributed by atoms with E-state index in [2.05, 4.69) is 29.0 Å². The number of aryl methyl sites for hydroxylation is 1. The second-order valence-corrected chi connectivity index (χ2v) is 7.66. The van der Waals surface area contributed by atoms with E-state index in [1.165, 1.54) is 13.5 Å². The molecule has 0 unspecified atom stereocenters. The van der Waals surface area contributed by atoms with Gasteiger partial charge >= 0.3 is 5.97 Å². The number of aromatic nitrogens is 1. The van der Waals surface area contributed by atoms with Crippen LogP contribution in [0.1, 0.15) is 59.3 Å². The van der Waals surface area contributed by atoms with Gasteiger partial charge in [-0.05, 0) is 44.6 Å². The Hall–Kier alpha value is -1.82. The van der Waals surface area contributed by atoms with E-state index >= 15 is 0 Å². The van der Waals surface area contributed by atoms with Gasteiger partial charge in [0, 0.05) is 31.4 Å². The summed E-state index contributed by atoms with van der Waals surface area (Å²) in [7, 11) is 1.34. The Labute approximate surface area is 150 Å². The summed E-state index contributed by atoms with van der Waals surface area (Å²) < 4.78 is 4.80. The van der Waals surface area contributed by atoms with Gasteiger partial charge in [0.25, 0.3) is 5.91 Å². The average molecular weight is 349 g/mol. The fraction of sp³-hybridized carbons (Fsp3) is 0.684. The molecule has 1 aromatic heterocycles. The standard InChI is InChI=1S/C19H31N3O3/c1-11-7-12(2)9-22(8-11)10-13(3)20-18(23)17-14(4)16(15(5)21-17)19(24)25-6/h11-13,21H,7-10H2,1-6H3,(H,20,23)/t11-,12+,13-/m1/s1. The normalized spacial score (nSPS) is 22.5. The van der Waals surface area contributed by atoms with Crippen LogP contribution in [-0.4, -0.2) is 54.5 Å². The largest absolute Gasteiger partial charge is 0.465 e. The summed E-state index contributed by atoms with van der Waals surface area (Å²) >= 11 is 0. The number of carbonyl (C=O) groups is 2. The maximum absolute atomic E-state index is 12.6. The number of nitrogens with one attached hydrogen (secondary N) is 2. The number of carbonyl (C=O) groups excluding carboxylic acids is 2. The van der Waals surface area contributed by atoms with Crippen molar-refractivity contribution in [3.8, 4) is 0 Å². The number of hydrogen-bond acceptors (Lipinski definition) is 4. The minimum Gasteiger partial charge on any atom is -0.465 e. The molecule has 0 aliphatic carbocycles. The molecule has 1 aromatic rings. The van der Waals surface area contributed by atoms with Crippen LogP contribution >= 0.6 is 0 Å². The molecule has 1 aliphatic rings. The Bertz CT molecular complexity index is 628. The molecule has 1 saturated heterocycles. The second kappa shape index (κ2) is 8.04. The number of nitrogens with zero attached hydrogens (tertiary/aromatic N) is 1. The zero-order chi connectivity index (χ0) is 18.7. The van der Waals surface area contributed by atoms with Crippen molar-refractivity contribution >= 4 is 11.9 Å². The van der Waals surface area contributed by atoms with Gasteiger partial charge in [-0.25, -0.2) is 4.79 Å². The first-order chi connectivity index (χ1) is 11.7. The van der Waals surface area contributed by atoms with E-state index < -0.39 is 5.97 Å². The topological polar surface area (TPSA) is 74.4 Å². The first-order valence-corrected chi connectivity index (χ1v) is 9.03. The molecule has 25 heavy (non-hydrogen) atoms. The molecule has 0 saturated carbocycles. The molecule has 140 valence electrons. The predicted octanol–water partition coefficient (Wildman–Crippen LogP) is 2.51. The average Bonchev–Trinajstić information content (AvgIpc) is 2.80.